The Hall–Kier alpha value is -0.720. The number of nitrogens with zero attached hydrogens (tertiary/aromatic N) is 2. The third-order valence-electron chi connectivity index (χ3n) is 2.73. The van der Waals surface area contributed by atoms with E-state index >= 15 is 0 Å². The van der Waals surface area contributed by atoms with E-state index < -0.39 is 0 Å². The highest BCUT2D eigenvalue weighted by Crippen LogP contribution is 2.05. The van der Waals surface area contributed by atoms with Crippen molar-refractivity contribution in [1.29, 1.82) is 0 Å². The number of hydrogen-bond donors (Lipinski definition) is 1. The Morgan fingerprint density at radius 3 is 2.94 bits per heavy atom. The van der Waals surface area contributed by atoms with Gasteiger partial charge in [0.2, 0.25) is 5.91 Å². The minimum absolute atomic E-state index is 0.117. The van der Waals surface area contributed by atoms with Crippen molar-refractivity contribution in [2.75, 3.05) is 39.8 Å². The summed E-state index contributed by atoms with van der Waals surface area (Å²) in [4.78, 5) is 15.8. The maximum absolute atomic E-state index is 11.7. The molecule has 1 heterocycles. The Kier molecular flexibility index (Phi) is 5.11. The predicted molar refractivity (Wildman–Crippen MR) is 66.3 cm³/mol. The van der Waals surface area contributed by atoms with Gasteiger partial charge in [-0.15, -0.1) is 0 Å². The van der Waals surface area contributed by atoms with E-state index in [1.54, 1.807) is 11.9 Å². The van der Waals surface area contributed by atoms with Gasteiger partial charge in [0.05, 0.1) is 13.2 Å². The third-order valence-corrected chi connectivity index (χ3v) is 2.99. The molecule has 1 rings (SSSR count). The fourth-order valence-electron chi connectivity index (χ4n) is 1.51. The second-order valence-corrected chi connectivity index (χ2v) is 4.38. The first-order chi connectivity index (χ1) is 7.54. The van der Waals surface area contributed by atoms with Gasteiger partial charge in [0.15, 0.2) is 0 Å². The zero-order valence-corrected chi connectivity index (χ0v) is 10.6. The minimum Gasteiger partial charge on any atom is -0.391 e. The molecule has 2 N–H and O–H groups in total. The average Bonchev–Trinajstić information content (AvgIpc) is 2.28. The Morgan fingerprint density at radius 2 is 2.38 bits per heavy atom. The number of nitrogens with two attached hydrogens (primary N) is 1. The number of rotatable bonds is 4. The SMILES string of the molecule is CCN(C)C(=O)CN1CCOC(C(N)=S)C1. The molecule has 0 spiro atoms. The van der Waals surface area contributed by atoms with Crippen LogP contribution in [0.4, 0.5) is 0 Å². The molecule has 1 amide bonds. The molecule has 0 aromatic carbocycles. The fourth-order valence-corrected chi connectivity index (χ4v) is 1.65. The van der Waals surface area contributed by atoms with Gasteiger partial charge in [-0.2, -0.15) is 0 Å². The molecule has 16 heavy (non-hydrogen) atoms. The average molecular weight is 245 g/mol. The second kappa shape index (κ2) is 6.12. The molecule has 1 fully saturated rings. The number of ether oxygens (including phenoxy) is 1. The van der Waals surface area contributed by atoms with Gasteiger partial charge < -0.3 is 15.4 Å². The molecule has 92 valence electrons. The van der Waals surface area contributed by atoms with E-state index in [0.717, 1.165) is 13.1 Å². The number of hydrogen-bond acceptors (Lipinski definition) is 4. The minimum atomic E-state index is -0.219. The van der Waals surface area contributed by atoms with Crippen molar-refractivity contribution in [3.8, 4) is 0 Å². The second-order valence-electron chi connectivity index (χ2n) is 3.90. The first-order valence-corrected chi connectivity index (χ1v) is 5.82. The van der Waals surface area contributed by atoms with Crippen molar-refractivity contribution in [2.45, 2.75) is 13.0 Å². The summed E-state index contributed by atoms with van der Waals surface area (Å²) in [5, 5.41) is 0. The van der Waals surface area contributed by atoms with Crippen molar-refractivity contribution < 1.29 is 9.53 Å². The van der Waals surface area contributed by atoms with Gasteiger partial charge in [-0.1, -0.05) is 12.2 Å². The van der Waals surface area contributed by atoms with E-state index in [9.17, 15) is 4.79 Å². The van der Waals surface area contributed by atoms with E-state index in [0.29, 0.717) is 24.7 Å². The molecular weight excluding hydrogens is 226 g/mol. The fraction of sp³-hybridized carbons (Fsp3) is 0.800. The highest BCUT2D eigenvalue weighted by molar-refractivity contribution is 7.80. The summed E-state index contributed by atoms with van der Waals surface area (Å²) < 4.78 is 5.41. The van der Waals surface area contributed by atoms with Crippen LogP contribution in [0.3, 0.4) is 0 Å². The number of thiocarbonyl (C=S) groups is 1. The lowest BCUT2D eigenvalue weighted by Crippen LogP contribution is -2.50. The maximum atomic E-state index is 11.7. The molecule has 0 bridgehead atoms. The lowest BCUT2D eigenvalue weighted by molar-refractivity contribution is -0.132. The zero-order chi connectivity index (χ0) is 12.1. The van der Waals surface area contributed by atoms with Gasteiger partial charge in [0.1, 0.15) is 11.1 Å². The van der Waals surface area contributed by atoms with Crippen molar-refractivity contribution >= 4 is 23.1 Å². The molecule has 1 atom stereocenters. The molecule has 1 saturated heterocycles. The standard InChI is InChI=1S/C10H19N3O2S/c1-3-12(2)9(14)7-13-4-5-15-8(6-13)10(11)16/h8H,3-7H2,1-2H3,(H2,11,16). The quantitative estimate of drug-likeness (QED) is 0.674. The number of likely N-dealkylation sites (N-methyl/N-ethyl adjacent to an activating group) is 1. The number of carbonyl (C=O) groups excluding carboxylic acids is 1. The Labute approximate surface area is 102 Å². The van der Waals surface area contributed by atoms with Crippen molar-refractivity contribution in [1.82, 2.24) is 9.80 Å². The Balaban J connectivity index is 2.43. The number of amides is 1. The monoisotopic (exact) mass is 245 g/mol. The smallest absolute Gasteiger partial charge is 0.236 e. The maximum Gasteiger partial charge on any atom is 0.236 e. The van der Waals surface area contributed by atoms with Crippen molar-refractivity contribution in [2.24, 2.45) is 5.73 Å². The van der Waals surface area contributed by atoms with E-state index in [-0.39, 0.29) is 12.0 Å². The van der Waals surface area contributed by atoms with E-state index in [4.69, 9.17) is 22.7 Å². The van der Waals surface area contributed by atoms with E-state index in [2.05, 4.69) is 0 Å². The van der Waals surface area contributed by atoms with Crippen LogP contribution in [0.25, 0.3) is 0 Å². The first-order valence-electron chi connectivity index (χ1n) is 5.41. The topological polar surface area (TPSA) is 58.8 Å². The van der Waals surface area contributed by atoms with Crippen LogP contribution >= 0.6 is 12.2 Å². The van der Waals surface area contributed by atoms with Crippen LogP contribution in [-0.2, 0) is 9.53 Å². The van der Waals surface area contributed by atoms with Crippen LogP contribution in [0, 0.1) is 0 Å². The molecule has 1 aliphatic rings. The van der Waals surface area contributed by atoms with Gasteiger partial charge >= 0.3 is 0 Å². The normalized spacial score (nSPS) is 21.8. The Bertz CT molecular complexity index is 273. The van der Waals surface area contributed by atoms with Crippen LogP contribution in [0.15, 0.2) is 0 Å². The number of morpholine rings is 1. The highest BCUT2D eigenvalue weighted by atomic mass is 32.1. The summed E-state index contributed by atoms with van der Waals surface area (Å²) in [5.41, 5.74) is 5.53. The zero-order valence-electron chi connectivity index (χ0n) is 9.81. The van der Waals surface area contributed by atoms with Gasteiger partial charge in [-0.05, 0) is 6.92 Å². The molecule has 0 aromatic heterocycles. The Morgan fingerprint density at radius 1 is 1.69 bits per heavy atom. The molecule has 6 heteroatoms. The predicted octanol–water partition coefficient (Wildman–Crippen LogP) is -0.548. The summed E-state index contributed by atoms with van der Waals surface area (Å²) in [6, 6.07) is 0. The summed E-state index contributed by atoms with van der Waals surface area (Å²) in [5.74, 6) is 0.117. The summed E-state index contributed by atoms with van der Waals surface area (Å²) in [6.45, 7) is 5.02. The summed E-state index contributed by atoms with van der Waals surface area (Å²) in [6.07, 6.45) is -0.219. The molecule has 0 aromatic rings. The van der Waals surface area contributed by atoms with E-state index in [1.165, 1.54) is 0 Å². The molecule has 1 unspecified atom stereocenters. The molecule has 5 nitrogen and oxygen atoms in total. The molecule has 1 aliphatic heterocycles. The lowest BCUT2D eigenvalue weighted by Gasteiger charge is -2.32. The molecule has 0 radical (unpaired) electrons. The van der Waals surface area contributed by atoms with Crippen molar-refractivity contribution in [3.63, 3.8) is 0 Å². The largest absolute Gasteiger partial charge is 0.391 e. The molecule has 0 saturated carbocycles. The van der Waals surface area contributed by atoms with Crippen LogP contribution in [0.5, 0.6) is 0 Å². The summed E-state index contributed by atoms with van der Waals surface area (Å²) >= 11 is 4.89. The van der Waals surface area contributed by atoms with Crippen LogP contribution in [0.1, 0.15) is 6.92 Å². The van der Waals surface area contributed by atoms with Crippen LogP contribution in [-0.4, -0.2) is 66.6 Å². The van der Waals surface area contributed by atoms with Gasteiger partial charge in [0, 0.05) is 26.7 Å². The number of carbonyl (C=O) groups is 1. The van der Waals surface area contributed by atoms with Gasteiger partial charge in [-0.25, -0.2) is 0 Å². The lowest BCUT2D eigenvalue weighted by atomic mass is 10.2. The van der Waals surface area contributed by atoms with Crippen molar-refractivity contribution in [3.05, 3.63) is 0 Å². The van der Waals surface area contributed by atoms with Gasteiger partial charge in [0.25, 0.3) is 0 Å². The summed E-state index contributed by atoms with van der Waals surface area (Å²) in [7, 11) is 1.80. The first kappa shape index (κ1) is 13.3. The molecular formula is C10H19N3O2S. The molecule has 0 aliphatic carbocycles. The van der Waals surface area contributed by atoms with Gasteiger partial charge in [-0.3, -0.25) is 9.69 Å². The van der Waals surface area contributed by atoms with Crippen LogP contribution in [0.2, 0.25) is 0 Å². The highest BCUT2D eigenvalue weighted by Gasteiger charge is 2.24. The van der Waals surface area contributed by atoms with Crippen LogP contribution < -0.4 is 5.73 Å². The van der Waals surface area contributed by atoms with E-state index in [1.807, 2.05) is 11.8 Å². The third kappa shape index (κ3) is 3.70.